The number of amides is 1. The standard InChI is InChI=1S/C25H30N4O4S/c1-15(2)28-13-18(6-5-11-33-4)29-14-19(22(30)23(31)21(29)25(28)32)24-27-26-20(34-24)12-17-9-7-16(3)8-10-17/h7-10,14-15,18,31H,5-6,11-13H2,1-4H3/t18-/m0/s1. The number of aromatic nitrogens is 3. The summed E-state index contributed by atoms with van der Waals surface area (Å²) in [6.07, 6.45) is 3.81. The molecule has 9 heteroatoms. The molecule has 0 aliphatic carbocycles. The minimum atomic E-state index is -0.598. The average Bonchev–Trinajstić information content (AvgIpc) is 3.26. The molecule has 0 fully saturated rings. The van der Waals surface area contributed by atoms with Gasteiger partial charge >= 0.3 is 0 Å². The SMILES string of the molecule is COCCC[C@H]1CN(C(C)C)C(=O)c2c(O)c(=O)c(-c3nnc(Cc4ccc(C)cc4)s3)cn21. The summed E-state index contributed by atoms with van der Waals surface area (Å²) in [5.41, 5.74) is 2.00. The van der Waals surface area contributed by atoms with Gasteiger partial charge in [-0.1, -0.05) is 41.2 Å². The van der Waals surface area contributed by atoms with E-state index >= 15 is 0 Å². The zero-order chi connectivity index (χ0) is 24.4. The third kappa shape index (κ3) is 4.76. The van der Waals surface area contributed by atoms with Crippen LogP contribution in [0.4, 0.5) is 0 Å². The molecule has 1 N–H and O–H groups in total. The lowest BCUT2D eigenvalue weighted by atomic mass is 10.0. The van der Waals surface area contributed by atoms with Crippen molar-refractivity contribution in [1.82, 2.24) is 19.7 Å². The molecule has 0 saturated heterocycles. The first-order chi connectivity index (χ1) is 16.3. The fraction of sp³-hybridized carbons (Fsp3) is 0.440. The fourth-order valence-corrected chi connectivity index (χ4v) is 5.14. The van der Waals surface area contributed by atoms with Gasteiger partial charge in [0.15, 0.2) is 16.5 Å². The maximum absolute atomic E-state index is 13.1. The minimum Gasteiger partial charge on any atom is -0.503 e. The van der Waals surface area contributed by atoms with Gasteiger partial charge in [-0.25, -0.2) is 0 Å². The Labute approximate surface area is 202 Å². The number of benzene rings is 1. The van der Waals surface area contributed by atoms with E-state index in [1.807, 2.05) is 45.0 Å². The number of aromatic hydroxyl groups is 1. The van der Waals surface area contributed by atoms with E-state index in [1.54, 1.807) is 22.8 Å². The number of hydrogen-bond donors (Lipinski definition) is 1. The van der Waals surface area contributed by atoms with Crippen molar-refractivity contribution >= 4 is 17.2 Å². The Hall–Kier alpha value is -3.04. The topological polar surface area (TPSA) is 97.6 Å². The van der Waals surface area contributed by atoms with E-state index in [2.05, 4.69) is 10.2 Å². The Bertz CT molecular complexity index is 1230. The molecule has 1 aliphatic heterocycles. The number of carbonyl (C=O) groups is 1. The molecule has 0 radical (unpaired) electrons. The number of methoxy groups -OCH3 is 1. The zero-order valence-corrected chi connectivity index (χ0v) is 20.8. The highest BCUT2D eigenvalue weighted by atomic mass is 32.1. The molecule has 8 nitrogen and oxygen atoms in total. The van der Waals surface area contributed by atoms with Crippen LogP contribution in [0.1, 0.15) is 59.4 Å². The Kier molecular flexibility index (Phi) is 7.13. The van der Waals surface area contributed by atoms with Gasteiger partial charge in [-0.3, -0.25) is 9.59 Å². The molecule has 0 unspecified atom stereocenters. The van der Waals surface area contributed by atoms with Crippen LogP contribution in [0.25, 0.3) is 10.6 Å². The van der Waals surface area contributed by atoms with Crippen LogP contribution in [0.2, 0.25) is 0 Å². The molecule has 3 aromatic rings. The highest BCUT2D eigenvalue weighted by Crippen LogP contribution is 2.33. The van der Waals surface area contributed by atoms with Gasteiger partial charge in [0.05, 0.1) is 11.6 Å². The number of fused-ring (bicyclic) bond motifs is 1. The van der Waals surface area contributed by atoms with Gasteiger partial charge in [-0.2, -0.15) is 0 Å². The van der Waals surface area contributed by atoms with Crippen LogP contribution in [0.15, 0.2) is 35.3 Å². The number of nitrogens with zero attached hydrogens (tertiary/aromatic N) is 4. The molecule has 1 atom stereocenters. The number of aryl methyl sites for hydroxylation is 1. The summed E-state index contributed by atoms with van der Waals surface area (Å²) < 4.78 is 6.96. The molecule has 0 bridgehead atoms. The van der Waals surface area contributed by atoms with E-state index in [0.29, 0.717) is 24.6 Å². The lowest BCUT2D eigenvalue weighted by Gasteiger charge is -2.38. The predicted molar refractivity (Wildman–Crippen MR) is 132 cm³/mol. The number of rotatable bonds is 8. The molecule has 180 valence electrons. The monoisotopic (exact) mass is 482 g/mol. The highest BCUT2D eigenvalue weighted by molar-refractivity contribution is 7.14. The van der Waals surface area contributed by atoms with Gasteiger partial charge < -0.3 is 19.3 Å². The number of hydrogen-bond acceptors (Lipinski definition) is 7. The minimum absolute atomic E-state index is 0.0421. The third-order valence-electron chi connectivity index (χ3n) is 6.16. The van der Waals surface area contributed by atoms with Crippen LogP contribution >= 0.6 is 11.3 Å². The zero-order valence-electron chi connectivity index (χ0n) is 19.9. The van der Waals surface area contributed by atoms with E-state index in [0.717, 1.165) is 23.4 Å². The van der Waals surface area contributed by atoms with Crippen LogP contribution in [-0.2, 0) is 11.2 Å². The largest absolute Gasteiger partial charge is 0.503 e. The Morgan fingerprint density at radius 3 is 2.62 bits per heavy atom. The maximum atomic E-state index is 13.1. The molecule has 34 heavy (non-hydrogen) atoms. The smallest absolute Gasteiger partial charge is 0.274 e. The average molecular weight is 483 g/mol. The molecule has 3 heterocycles. The lowest BCUT2D eigenvalue weighted by molar-refractivity contribution is 0.0586. The maximum Gasteiger partial charge on any atom is 0.274 e. The van der Waals surface area contributed by atoms with Crippen LogP contribution in [0.3, 0.4) is 0 Å². The van der Waals surface area contributed by atoms with Crippen molar-refractivity contribution in [3.63, 3.8) is 0 Å². The van der Waals surface area contributed by atoms with Crippen LogP contribution < -0.4 is 5.43 Å². The highest BCUT2D eigenvalue weighted by Gasteiger charge is 2.36. The second kappa shape index (κ2) is 10.1. The Balaban J connectivity index is 1.72. The van der Waals surface area contributed by atoms with Crippen molar-refractivity contribution in [2.45, 2.75) is 52.1 Å². The molecule has 0 saturated carbocycles. The molecule has 1 aliphatic rings. The Morgan fingerprint density at radius 2 is 1.94 bits per heavy atom. The molecule has 1 aromatic carbocycles. The summed E-state index contributed by atoms with van der Waals surface area (Å²) in [4.78, 5) is 28.0. The normalized spacial score (nSPS) is 15.7. The molecular weight excluding hydrogens is 452 g/mol. The van der Waals surface area contributed by atoms with Gasteiger partial charge in [-0.05, 0) is 39.2 Å². The molecule has 2 aromatic heterocycles. The summed E-state index contributed by atoms with van der Waals surface area (Å²) in [5.74, 6) is -0.864. The van der Waals surface area contributed by atoms with Gasteiger partial charge in [0.2, 0.25) is 5.43 Å². The van der Waals surface area contributed by atoms with Crippen molar-refractivity contribution in [2.75, 3.05) is 20.3 Å². The number of carbonyl (C=O) groups excluding carboxylic acids is 1. The van der Waals surface area contributed by atoms with Crippen molar-refractivity contribution < 1.29 is 14.6 Å². The molecule has 4 rings (SSSR count). The van der Waals surface area contributed by atoms with E-state index in [1.165, 1.54) is 16.9 Å². The van der Waals surface area contributed by atoms with E-state index < -0.39 is 11.2 Å². The van der Waals surface area contributed by atoms with Gasteiger partial charge in [0, 0.05) is 38.9 Å². The number of ether oxygens (including phenoxy) is 1. The van der Waals surface area contributed by atoms with E-state index in [4.69, 9.17) is 4.74 Å². The Morgan fingerprint density at radius 1 is 1.21 bits per heavy atom. The summed E-state index contributed by atoms with van der Waals surface area (Å²) >= 11 is 1.33. The quantitative estimate of drug-likeness (QED) is 0.491. The molecule has 0 spiro atoms. The molecule has 1 amide bonds. The summed E-state index contributed by atoms with van der Waals surface area (Å²) in [7, 11) is 1.66. The summed E-state index contributed by atoms with van der Waals surface area (Å²) in [5, 5.41) is 20.6. The first kappa shape index (κ1) is 24.1. The van der Waals surface area contributed by atoms with Crippen molar-refractivity contribution in [1.29, 1.82) is 0 Å². The molecular formula is C25H30N4O4S. The first-order valence-corrected chi connectivity index (χ1v) is 12.3. The summed E-state index contributed by atoms with van der Waals surface area (Å²) in [6.45, 7) is 7.00. The lowest BCUT2D eigenvalue weighted by Crippen LogP contribution is -2.47. The summed E-state index contributed by atoms with van der Waals surface area (Å²) in [6, 6.07) is 8.06. The van der Waals surface area contributed by atoms with Gasteiger partial charge in [-0.15, -0.1) is 10.2 Å². The van der Waals surface area contributed by atoms with Gasteiger partial charge in [0.25, 0.3) is 5.91 Å². The first-order valence-electron chi connectivity index (χ1n) is 11.5. The van der Waals surface area contributed by atoms with Crippen molar-refractivity contribution in [3.8, 4) is 16.3 Å². The van der Waals surface area contributed by atoms with Crippen LogP contribution in [0, 0.1) is 6.92 Å². The third-order valence-corrected chi connectivity index (χ3v) is 7.11. The van der Waals surface area contributed by atoms with Crippen molar-refractivity contribution in [3.05, 3.63) is 62.5 Å². The van der Waals surface area contributed by atoms with Crippen LogP contribution in [0.5, 0.6) is 5.75 Å². The second-order valence-electron chi connectivity index (χ2n) is 8.98. The number of pyridine rings is 1. The fourth-order valence-electron chi connectivity index (χ4n) is 4.26. The van der Waals surface area contributed by atoms with Gasteiger partial charge in [0.1, 0.15) is 5.01 Å². The predicted octanol–water partition coefficient (Wildman–Crippen LogP) is 3.80. The van der Waals surface area contributed by atoms with Crippen LogP contribution in [-0.4, -0.2) is 57.0 Å². The van der Waals surface area contributed by atoms with E-state index in [9.17, 15) is 14.7 Å². The second-order valence-corrected chi connectivity index (χ2v) is 10.0. The van der Waals surface area contributed by atoms with E-state index in [-0.39, 0.29) is 29.2 Å². The van der Waals surface area contributed by atoms with Crippen molar-refractivity contribution in [2.24, 2.45) is 0 Å².